The van der Waals surface area contributed by atoms with Gasteiger partial charge in [-0.05, 0) is 12.3 Å². The summed E-state index contributed by atoms with van der Waals surface area (Å²) in [6.07, 6.45) is 0.755. The van der Waals surface area contributed by atoms with Gasteiger partial charge < -0.3 is 14.6 Å². The van der Waals surface area contributed by atoms with Crippen molar-refractivity contribution < 1.29 is 14.6 Å². The Labute approximate surface area is 79.0 Å². The zero-order valence-corrected chi connectivity index (χ0v) is 8.43. The molecule has 0 radical (unpaired) electrons. The topological polar surface area (TPSA) is 38.7 Å². The number of methoxy groups -OCH3 is 1. The van der Waals surface area contributed by atoms with Crippen LogP contribution in [0.4, 0.5) is 0 Å². The molecule has 2 rings (SSSR count). The highest BCUT2D eigenvalue weighted by Gasteiger charge is 2.50. The molecule has 2 aliphatic heterocycles. The van der Waals surface area contributed by atoms with Crippen LogP contribution >= 0.6 is 0 Å². The van der Waals surface area contributed by atoms with E-state index in [1.54, 1.807) is 7.11 Å². The first kappa shape index (κ1) is 9.44. The van der Waals surface area contributed by atoms with Crippen molar-refractivity contribution in [3.05, 3.63) is 0 Å². The SMILES string of the molecule is CO[C@H]1[C@H](C)[C@@H]2O[C@@H](C[C@H]2C)[C@H]1O. The van der Waals surface area contributed by atoms with Gasteiger partial charge in [0.15, 0.2) is 0 Å². The van der Waals surface area contributed by atoms with Crippen LogP contribution in [0.15, 0.2) is 0 Å². The summed E-state index contributed by atoms with van der Waals surface area (Å²) in [5, 5.41) is 9.89. The second-order valence-corrected chi connectivity index (χ2v) is 4.40. The zero-order chi connectivity index (χ0) is 9.59. The molecule has 76 valence electrons. The number of ether oxygens (including phenoxy) is 2. The highest BCUT2D eigenvalue weighted by molar-refractivity contribution is 4.98. The van der Waals surface area contributed by atoms with Crippen LogP contribution in [0.2, 0.25) is 0 Å². The van der Waals surface area contributed by atoms with Crippen molar-refractivity contribution in [3.8, 4) is 0 Å². The van der Waals surface area contributed by atoms with Crippen molar-refractivity contribution in [2.45, 2.75) is 44.7 Å². The third-order valence-corrected chi connectivity index (χ3v) is 3.52. The van der Waals surface area contributed by atoms with Crippen LogP contribution in [0, 0.1) is 11.8 Å². The van der Waals surface area contributed by atoms with Gasteiger partial charge in [-0.1, -0.05) is 13.8 Å². The highest BCUT2D eigenvalue weighted by Crippen LogP contribution is 2.41. The molecular formula is C10H18O3. The van der Waals surface area contributed by atoms with Crippen LogP contribution in [0.3, 0.4) is 0 Å². The van der Waals surface area contributed by atoms with Gasteiger partial charge in [0.2, 0.25) is 0 Å². The summed E-state index contributed by atoms with van der Waals surface area (Å²) in [6.45, 7) is 4.28. The van der Waals surface area contributed by atoms with Crippen molar-refractivity contribution in [2.75, 3.05) is 7.11 Å². The molecule has 3 heteroatoms. The Balaban J connectivity index is 2.18. The van der Waals surface area contributed by atoms with E-state index < -0.39 is 6.10 Å². The maximum Gasteiger partial charge on any atom is 0.107 e. The molecule has 0 saturated carbocycles. The van der Waals surface area contributed by atoms with Crippen molar-refractivity contribution in [2.24, 2.45) is 11.8 Å². The van der Waals surface area contributed by atoms with Crippen molar-refractivity contribution in [3.63, 3.8) is 0 Å². The Morgan fingerprint density at radius 3 is 2.69 bits per heavy atom. The summed E-state index contributed by atoms with van der Waals surface area (Å²) in [5.74, 6) is 0.851. The van der Waals surface area contributed by atoms with E-state index >= 15 is 0 Å². The Hall–Kier alpha value is -0.120. The van der Waals surface area contributed by atoms with Gasteiger partial charge in [-0.15, -0.1) is 0 Å². The maximum atomic E-state index is 9.89. The number of aliphatic hydroxyl groups excluding tert-OH is 1. The van der Waals surface area contributed by atoms with E-state index in [4.69, 9.17) is 9.47 Å². The van der Waals surface area contributed by atoms with Gasteiger partial charge in [-0.3, -0.25) is 0 Å². The molecule has 2 heterocycles. The Morgan fingerprint density at radius 1 is 1.38 bits per heavy atom. The predicted molar refractivity (Wildman–Crippen MR) is 48.4 cm³/mol. The van der Waals surface area contributed by atoms with Crippen LogP contribution in [-0.2, 0) is 9.47 Å². The van der Waals surface area contributed by atoms with Crippen LogP contribution in [-0.4, -0.2) is 36.6 Å². The maximum absolute atomic E-state index is 9.89. The van der Waals surface area contributed by atoms with E-state index in [0.717, 1.165) is 6.42 Å². The van der Waals surface area contributed by atoms with E-state index in [9.17, 15) is 5.11 Å². The summed E-state index contributed by atoms with van der Waals surface area (Å²) in [7, 11) is 1.67. The van der Waals surface area contributed by atoms with Gasteiger partial charge in [0.25, 0.3) is 0 Å². The fourth-order valence-corrected chi connectivity index (χ4v) is 2.82. The standard InChI is InChI=1S/C10H18O3/c1-5-4-7-8(11)10(12-3)6(2)9(5)13-7/h5-11H,4H2,1-3H3/t5-,6-,7+,8-,9-,10+/m1/s1. The van der Waals surface area contributed by atoms with Gasteiger partial charge in [0.05, 0.1) is 18.3 Å². The number of hydrogen-bond acceptors (Lipinski definition) is 3. The molecule has 0 unspecified atom stereocenters. The van der Waals surface area contributed by atoms with Crippen molar-refractivity contribution in [1.82, 2.24) is 0 Å². The lowest BCUT2D eigenvalue weighted by Gasteiger charge is -2.38. The monoisotopic (exact) mass is 186 g/mol. The van der Waals surface area contributed by atoms with Gasteiger partial charge in [0, 0.05) is 13.0 Å². The molecule has 0 aliphatic carbocycles. The quantitative estimate of drug-likeness (QED) is 0.658. The van der Waals surface area contributed by atoms with Gasteiger partial charge in [-0.25, -0.2) is 0 Å². The first-order valence-electron chi connectivity index (χ1n) is 5.01. The molecule has 0 spiro atoms. The molecule has 6 atom stereocenters. The zero-order valence-electron chi connectivity index (χ0n) is 8.43. The summed E-state index contributed by atoms with van der Waals surface area (Å²) >= 11 is 0. The lowest BCUT2D eigenvalue weighted by molar-refractivity contribution is -0.178. The Morgan fingerprint density at radius 2 is 2.08 bits per heavy atom. The summed E-state index contributed by atoms with van der Waals surface area (Å²) in [5.41, 5.74) is 0. The third kappa shape index (κ3) is 1.30. The first-order chi connectivity index (χ1) is 6.15. The molecule has 2 aliphatic rings. The predicted octanol–water partition coefficient (Wildman–Crippen LogP) is 0.806. The highest BCUT2D eigenvalue weighted by atomic mass is 16.5. The number of aliphatic hydroxyl groups is 1. The van der Waals surface area contributed by atoms with Crippen LogP contribution in [0.5, 0.6) is 0 Å². The second kappa shape index (κ2) is 3.23. The molecule has 3 nitrogen and oxygen atoms in total. The van der Waals surface area contributed by atoms with Gasteiger partial charge >= 0.3 is 0 Å². The molecule has 0 aromatic heterocycles. The number of rotatable bonds is 1. The van der Waals surface area contributed by atoms with E-state index in [0.29, 0.717) is 11.8 Å². The fraction of sp³-hybridized carbons (Fsp3) is 1.00. The molecule has 2 saturated heterocycles. The second-order valence-electron chi connectivity index (χ2n) is 4.40. The average Bonchev–Trinajstić information content (AvgIpc) is 2.44. The minimum absolute atomic E-state index is 0.00106. The fourth-order valence-electron chi connectivity index (χ4n) is 2.82. The van der Waals surface area contributed by atoms with E-state index in [2.05, 4.69) is 13.8 Å². The molecule has 0 aromatic rings. The van der Waals surface area contributed by atoms with E-state index in [-0.39, 0.29) is 18.3 Å². The van der Waals surface area contributed by atoms with E-state index in [1.807, 2.05) is 0 Å². The van der Waals surface area contributed by atoms with Crippen molar-refractivity contribution >= 4 is 0 Å². The molecule has 2 fully saturated rings. The van der Waals surface area contributed by atoms with E-state index in [1.165, 1.54) is 0 Å². The van der Waals surface area contributed by atoms with Gasteiger partial charge in [-0.2, -0.15) is 0 Å². The van der Waals surface area contributed by atoms with Gasteiger partial charge in [0.1, 0.15) is 6.10 Å². The summed E-state index contributed by atoms with van der Waals surface area (Å²) < 4.78 is 11.1. The van der Waals surface area contributed by atoms with Crippen LogP contribution in [0.25, 0.3) is 0 Å². The lowest BCUT2D eigenvalue weighted by Crippen LogP contribution is -2.50. The van der Waals surface area contributed by atoms with Crippen molar-refractivity contribution in [1.29, 1.82) is 0 Å². The third-order valence-electron chi connectivity index (χ3n) is 3.52. The summed E-state index contributed by atoms with van der Waals surface area (Å²) in [6, 6.07) is 0. The molecule has 2 bridgehead atoms. The normalized spacial score (nSPS) is 55.4. The number of fused-ring (bicyclic) bond motifs is 2. The molecule has 13 heavy (non-hydrogen) atoms. The molecule has 0 amide bonds. The Bertz CT molecular complexity index is 195. The minimum Gasteiger partial charge on any atom is -0.388 e. The van der Waals surface area contributed by atoms with Crippen LogP contribution < -0.4 is 0 Å². The minimum atomic E-state index is -0.443. The smallest absolute Gasteiger partial charge is 0.107 e. The number of hydrogen-bond donors (Lipinski definition) is 1. The molecule has 0 aromatic carbocycles. The largest absolute Gasteiger partial charge is 0.388 e. The Kier molecular flexibility index (Phi) is 2.34. The summed E-state index contributed by atoms with van der Waals surface area (Å²) in [4.78, 5) is 0. The first-order valence-corrected chi connectivity index (χ1v) is 5.01. The molecule has 1 N–H and O–H groups in total. The molecular weight excluding hydrogens is 168 g/mol. The average molecular weight is 186 g/mol. The lowest BCUT2D eigenvalue weighted by atomic mass is 9.89. The van der Waals surface area contributed by atoms with Crippen LogP contribution in [0.1, 0.15) is 20.3 Å².